The third kappa shape index (κ3) is 6.95. The summed E-state index contributed by atoms with van der Waals surface area (Å²) < 4.78 is 48.0. The summed E-state index contributed by atoms with van der Waals surface area (Å²) in [5, 5.41) is 15.6. The number of fused-ring (bicyclic) bond motifs is 12. The molecule has 2 heterocycles. The van der Waals surface area contributed by atoms with Gasteiger partial charge in [0, 0.05) is 0 Å². The maximum Gasteiger partial charge on any atom is 0.246 e. The normalized spacial score (nSPS) is 26.5. The number of aliphatic hydroxyl groups is 1. The van der Waals surface area contributed by atoms with Gasteiger partial charge in [-0.05, 0) is 85.9 Å². The molecule has 0 saturated heterocycles. The molecule has 39 heavy (non-hydrogen) atoms. The molecule has 0 radical (unpaired) electrons. The van der Waals surface area contributed by atoms with Crippen molar-refractivity contribution in [3.63, 3.8) is 0 Å². The molecule has 1 aliphatic carbocycles. The fraction of sp³-hybridized carbons (Fsp3) is 0.500. The highest BCUT2D eigenvalue weighted by atomic mass is 32.2. The number of nitrogens with one attached hydrogen (secondary N) is 3. The molecule has 1 saturated carbocycles. The third-order valence-electron chi connectivity index (χ3n) is 7.44. The summed E-state index contributed by atoms with van der Waals surface area (Å²) in [6.45, 7) is 4.14. The number of halogens is 1. The largest absolute Gasteiger partial charge is 0.494 e. The molecule has 11 heteroatoms. The number of ether oxygens (including phenoxy) is 1. The Morgan fingerprint density at radius 3 is 2.41 bits per heavy atom. The molecule has 1 spiro atoms. The van der Waals surface area contributed by atoms with Gasteiger partial charge in [0.15, 0.2) is 0 Å². The second-order valence-corrected chi connectivity index (χ2v) is 12.4. The lowest BCUT2D eigenvalue weighted by atomic mass is 10.0. The van der Waals surface area contributed by atoms with Crippen molar-refractivity contribution < 1.29 is 32.2 Å². The SMILES string of the molecule is CC(C)[C@@H]1CC12NC(=O)[C@@H](NS(=O)(=O)c1ccc(F)cc1)Cc1ccc(cc1)OCCCC[C@@H](CO)NC2=O. The van der Waals surface area contributed by atoms with E-state index in [0.717, 1.165) is 37.1 Å². The van der Waals surface area contributed by atoms with Crippen LogP contribution in [-0.2, 0) is 26.0 Å². The Kier molecular flexibility index (Phi) is 8.93. The Balaban J connectivity index is 1.66. The average molecular weight is 562 g/mol. The molecule has 2 aliphatic heterocycles. The highest BCUT2D eigenvalue weighted by Gasteiger charge is 2.62. The average Bonchev–Trinajstić information content (AvgIpc) is 3.63. The number of carbonyl (C=O) groups is 2. The molecular formula is C28H36FN3O6S. The van der Waals surface area contributed by atoms with E-state index in [1.807, 2.05) is 13.8 Å². The summed E-state index contributed by atoms with van der Waals surface area (Å²) >= 11 is 0. The molecule has 1 unspecified atom stereocenters. The van der Waals surface area contributed by atoms with Crippen molar-refractivity contribution in [2.24, 2.45) is 11.8 Å². The van der Waals surface area contributed by atoms with Crippen molar-refractivity contribution >= 4 is 21.8 Å². The summed E-state index contributed by atoms with van der Waals surface area (Å²) in [6.07, 6.45) is 2.42. The van der Waals surface area contributed by atoms with Crippen molar-refractivity contribution in [2.45, 2.75) is 68.5 Å². The van der Waals surface area contributed by atoms with E-state index in [-0.39, 0.29) is 29.8 Å². The predicted octanol–water partition coefficient (Wildman–Crippen LogP) is 2.29. The highest BCUT2D eigenvalue weighted by molar-refractivity contribution is 7.89. The van der Waals surface area contributed by atoms with Gasteiger partial charge in [-0.2, -0.15) is 4.72 Å². The van der Waals surface area contributed by atoms with Gasteiger partial charge in [-0.15, -0.1) is 0 Å². The molecule has 0 aromatic heterocycles. The first-order valence-corrected chi connectivity index (χ1v) is 14.8. The van der Waals surface area contributed by atoms with Gasteiger partial charge in [-0.3, -0.25) is 9.59 Å². The van der Waals surface area contributed by atoms with Gasteiger partial charge in [0.05, 0.1) is 24.2 Å². The van der Waals surface area contributed by atoms with Crippen molar-refractivity contribution in [3.8, 4) is 5.75 Å². The molecule has 5 rings (SSSR count). The zero-order valence-electron chi connectivity index (χ0n) is 22.2. The summed E-state index contributed by atoms with van der Waals surface area (Å²) in [6, 6.07) is 9.62. The van der Waals surface area contributed by atoms with Crippen molar-refractivity contribution in [3.05, 3.63) is 59.9 Å². The molecule has 212 valence electrons. The van der Waals surface area contributed by atoms with Gasteiger partial charge < -0.3 is 20.5 Å². The first-order valence-electron chi connectivity index (χ1n) is 13.3. The van der Waals surface area contributed by atoms with Crippen LogP contribution < -0.4 is 20.1 Å². The van der Waals surface area contributed by atoms with E-state index < -0.39 is 45.3 Å². The molecule has 2 bridgehead atoms. The highest BCUT2D eigenvalue weighted by Crippen LogP contribution is 2.49. The second-order valence-electron chi connectivity index (χ2n) is 10.7. The number of sulfonamides is 1. The van der Waals surface area contributed by atoms with Crippen molar-refractivity contribution in [1.82, 2.24) is 15.4 Å². The lowest BCUT2D eigenvalue weighted by Gasteiger charge is -2.26. The minimum Gasteiger partial charge on any atom is -0.494 e. The number of hydrogen-bond donors (Lipinski definition) is 4. The standard InChI is InChI=1S/C28H36FN3O6S/c1-18(2)24-16-28(24)27(35)30-21(17-33)5-3-4-14-38-22-10-6-19(7-11-22)15-25(26(34)31-28)32-39(36,37)23-12-8-20(29)9-13-23/h6-13,18,21,24-25,32-33H,3-5,14-17H2,1-2H3,(H,30,35)(H,31,34)/t21-,24-,25-,28?/m0/s1. The Morgan fingerprint density at radius 2 is 1.79 bits per heavy atom. The number of rotatable bonds is 5. The Labute approximate surface area is 228 Å². The van der Waals surface area contributed by atoms with Gasteiger partial charge >= 0.3 is 0 Å². The maximum atomic E-state index is 13.7. The van der Waals surface area contributed by atoms with Crippen LogP contribution in [-0.4, -0.2) is 56.2 Å². The second kappa shape index (κ2) is 12.0. The number of amides is 2. The Bertz CT molecular complexity index is 1270. The molecule has 2 amide bonds. The third-order valence-corrected chi connectivity index (χ3v) is 8.93. The van der Waals surface area contributed by atoms with Crippen LogP contribution in [0.3, 0.4) is 0 Å². The van der Waals surface area contributed by atoms with Crippen LogP contribution in [0.4, 0.5) is 4.39 Å². The molecular weight excluding hydrogens is 525 g/mol. The van der Waals surface area contributed by atoms with Gasteiger partial charge in [-0.1, -0.05) is 26.0 Å². The summed E-state index contributed by atoms with van der Waals surface area (Å²) in [5.74, 6) is -1.05. The topological polar surface area (TPSA) is 134 Å². The molecule has 2 aromatic rings. The maximum absolute atomic E-state index is 13.7. The van der Waals surface area contributed by atoms with Crippen LogP contribution in [0.1, 0.15) is 45.1 Å². The fourth-order valence-electron chi connectivity index (χ4n) is 5.08. The molecule has 4 N–H and O–H groups in total. The van der Waals surface area contributed by atoms with E-state index in [0.29, 0.717) is 30.8 Å². The molecule has 3 aliphatic rings. The monoisotopic (exact) mass is 561 g/mol. The first kappa shape index (κ1) is 29.0. The van der Waals surface area contributed by atoms with Gasteiger partial charge in [-0.25, -0.2) is 12.8 Å². The zero-order chi connectivity index (χ0) is 28.2. The van der Waals surface area contributed by atoms with E-state index in [2.05, 4.69) is 15.4 Å². The number of benzene rings is 2. The van der Waals surface area contributed by atoms with Crippen molar-refractivity contribution in [1.29, 1.82) is 0 Å². The van der Waals surface area contributed by atoms with Crippen LogP contribution in [0.15, 0.2) is 53.4 Å². The zero-order valence-corrected chi connectivity index (χ0v) is 23.0. The molecule has 9 nitrogen and oxygen atoms in total. The van der Waals surface area contributed by atoms with Crippen LogP contribution in [0.2, 0.25) is 0 Å². The number of hydrogen-bond acceptors (Lipinski definition) is 6. The number of carbonyl (C=O) groups excluding carboxylic acids is 2. The van der Waals surface area contributed by atoms with Crippen LogP contribution >= 0.6 is 0 Å². The number of aliphatic hydroxyl groups excluding tert-OH is 1. The van der Waals surface area contributed by atoms with Gasteiger partial charge in [0.25, 0.3) is 0 Å². The fourth-order valence-corrected chi connectivity index (χ4v) is 6.28. The van der Waals surface area contributed by atoms with E-state index in [1.54, 1.807) is 24.3 Å². The van der Waals surface area contributed by atoms with Gasteiger partial charge in [0.1, 0.15) is 23.1 Å². The van der Waals surface area contributed by atoms with E-state index in [4.69, 9.17) is 4.74 Å². The van der Waals surface area contributed by atoms with Gasteiger partial charge in [0.2, 0.25) is 21.8 Å². The quantitative estimate of drug-likeness (QED) is 0.443. The molecule has 1 fully saturated rings. The van der Waals surface area contributed by atoms with Crippen LogP contribution in [0.25, 0.3) is 0 Å². The van der Waals surface area contributed by atoms with Crippen molar-refractivity contribution in [2.75, 3.05) is 13.2 Å². The van der Waals surface area contributed by atoms with E-state index >= 15 is 0 Å². The molecule has 2 aromatic carbocycles. The lowest BCUT2D eigenvalue weighted by molar-refractivity contribution is -0.132. The first-order chi connectivity index (χ1) is 18.5. The lowest BCUT2D eigenvalue weighted by Crippen LogP contribution is -2.58. The van der Waals surface area contributed by atoms with E-state index in [9.17, 15) is 27.5 Å². The van der Waals surface area contributed by atoms with Crippen LogP contribution in [0, 0.1) is 17.7 Å². The predicted molar refractivity (Wildman–Crippen MR) is 143 cm³/mol. The Morgan fingerprint density at radius 1 is 1.10 bits per heavy atom. The summed E-state index contributed by atoms with van der Waals surface area (Å²) in [5.41, 5.74) is -0.525. The molecule has 4 atom stereocenters. The van der Waals surface area contributed by atoms with Crippen LogP contribution in [0.5, 0.6) is 5.75 Å². The smallest absolute Gasteiger partial charge is 0.246 e. The van der Waals surface area contributed by atoms with E-state index in [1.165, 1.54) is 0 Å². The Hall–Kier alpha value is -3.02. The summed E-state index contributed by atoms with van der Waals surface area (Å²) in [4.78, 5) is 27.0. The minimum atomic E-state index is -4.20. The minimum absolute atomic E-state index is 0.00977. The summed E-state index contributed by atoms with van der Waals surface area (Å²) in [7, 11) is -4.20.